The molecule has 0 saturated carbocycles. The van der Waals surface area contributed by atoms with Crippen LogP contribution in [0.4, 0.5) is 10.5 Å². The van der Waals surface area contributed by atoms with Crippen molar-refractivity contribution in [1.29, 1.82) is 0 Å². The number of hydroxylamine groups is 2. The summed E-state index contributed by atoms with van der Waals surface area (Å²) in [7, 11) is 0. The first-order chi connectivity index (χ1) is 19.8. The van der Waals surface area contributed by atoms with E-state index in [0.29, 0.717) is 25.8 Å². The molecule has 0 aliphatic carbocycles. The zero-order valence-electron chi connectivity index (χ0n) is 24.9. The van der Waals surface area contributed by atoms with Crippen LogP contribution in [0.15, 0.2) is 48.5 Å². The van der Waals surface area contributed by atoms with E-state index < -0.39 is 0 Å². The van der Waals surface area contributed by atoms with Crippen molar-refractivity contribution in [2.45, 2.75) is 71.3 Å². The molecule has 0 bridgehead atoms. The standard InChI is InChI=1S/C31H48N4O6/c1-23(2)26-14-11-15-27(24(3)4)30(26)34-31(39)32-22-28(25-12-7-5-8-13-25)33-29(38)16-9-6-10-17-35(40-20-18-36)41-21-19-37/h5,7-8,11-15,23-24,28,36-37H,6,9-10,16-22H2,1-4H3,(H,33,38)(H2,32,34,39). The van der Waals surface area contributed by atoms with Crippen molar-refractivity contribution in [1.82, 2.24) is 15.9 Å². The van der Waals surface area contributed by atoms with E-state index in [4.69, 9.17) is 19.9 Å². The number of benzene rings is 2. The van der Waals surface area contributed by atoms with E-state index >= 15 is 0 Å². The van der Waals surface area contributed by atoms with Gasteiger partial charge in [0.1, 0.15) is 0 Å². The number of carbonyl (C=O) groups excluding carboxylic acids is 2. The normalized spacial score (nSPS) is 12.1. The topological polar surface area (TPSA) is 132 Å². The molecule has 0 fully saturated rings. The largest absolute Gasteiger partial charge is 0.394 e. The van der Waals surface area contributed by atoms with E-state index in [-0.39, 0.29) is 62.8 Å². The molecular formula is C31H48N4O6. The van der Waals surface area contributed by atoms with Gasteiger partial charge in [0.2, 0.25) is 5.91 Å². The van der Waals surface area contributed by atoms with Crippen LogP contribution in [0.25, 0.3) is 0 Å². The Hall–Kier alpha value is -3.02. The van der Waals surface area contributed by atoms with Gasteiger partial charge in [-0.3, -0.25) is 14.5 Å². The Bertz CT molecular complexity index is 1000. The van der Waals surface area contributed by atoms with Crippen LogP contribution in [0.3, 0.4) is 0 Å². The van der Waals surface area contributed by atoms with E-state index in [0.717, 1.165) is 28.8 Å². The number of rotatable bonds is 19. The molecule has 1 unspecified atom stereocenters. The zero-order chi connectivity index (χ0) is 30.0. The third-order valence-electron chi connectivity index (χ3n) is 6.51. The van der Waals surface area contributed by atoms with Gasteiger partial charge in [0.25, 0.3) is 0 Å². The molecule has 2 aromatic carbocycles. The molecule has 228 valence electrons. The maximum atomic E-state index is 13.0. The molecular weight excluding hydrogens is 524 g/mol. The average Bonchev–Trinajstić information content (AvgIpc) is 2.96. The lowest BCUT2D eigenvalue weighted by Gasteiger charge is -2.23. The number of nitrogens with one attached hydrogen (secondary N) is 3. The van der Waals surface area contributed by atoms with E-state index in [1.165, 1.54) is 5.23 Å². The third-order valence-corrected chi connectivity index (χ3v) is 6.51. The highest BCUT2D eigenvalue weighted by atomic mass is 16.9. The second-order valence-electron chi connectivity index (χ2n) is 10.5. The summed E-state index contributed by atoms with van der Waals surface area (Å²) in [6.45, 7) is 9.04. The van der Waals surface area contributed by atoms with Gasteiger partial charge in [-0.2, -0.15) is 0 Å². The predicted octanol–water partition coefficient (Wildman–Crippen LogP) is 4.62. The van der Waals surface area contributed by atoms with Crippen LogP contribution in [0.5, 0.6) is 0 Å². The second kappa shape index (κ2) is 19.2. The molecule has 3 amide bonds. The molecule has 0 aliphatic heterocycles. The Morgan fingerprint density at radius 1 is 0.829 bits per heavy atom. The molecule has 2 aromatic rings. The van der Waals surface area contributed by atoms with Crippen molar-refractivity contribution in [3.63, 3.8) is 0 Å². The summed E-state index contributed by atoms with van der Waals surface area (Å²) >= 11 is 0. The number of carbonyl (C=O) groups is 2. The number of anilines is 1. The number of hydrogen-bond donors (Lipinski definition) is 5. The number of nitrogens with zero attached hydrogens (tertiary/aromatic N) is 1. The van der Waals surface area contributed by atoms with Gasteiger partial charge >= 0.3 is 6.03 Å². The van der Waals surface area contributed by atoms with Crippen molar-refractivity contribution >= 4 is 17.6 Å². The van der Waals surface area contributed by atoms with Gasteiger partial charge in [0, 0.05) is 18.7 Å². The van der Waals surface area contributed by atoms with Gasteiger partial charge in [0.05, 0.1) is 39.0 Å². The minimum absolute atomic E-state index is 0.0989. The van der Waals surface area contributed by atoms with Gasteiger partial charge in [0.15, 0.2) is 0 Å². The Labute approximate surface area is 244 Å². The van der Waals surface area contributed by atoms with Gasteiger partial charge in [-0.05, 0) is 41.4 Å². The minimum Gasteiger partial charge on any atom is -0.394 e. The molecule has 0 aliphatic rings. The SMILES string of the molecule is CC(C)c1cccc(C(C)C)c1NC(=O)NCC(NC(=O)CCCCCN(OCCO)OCCO)c1ccccc1. The Morgan fingerprint density at radius 3 is 2.00 bits per heavy atom. The second-order valence-corrected chi connectivity index (χ2v) is 10.5. The molecule has 10 heteroatoms. The van der Waals surface area contributed by atoms with Crippen LogP contribution in [0.2, 0.25) is 0 Å². The Kier molecular flexibility index (Phi) is 16.0. The molecule has 0 spiro atoms. The van der Waals surface area contributed by atoms with Crippen LogP contribution in [-0.4, -0.2) is 66.9 Å². The summed E-state index contributed by atoms with van der Waals surface area (Å²) in [5, 5.41) is 28.2. The van der Waals surface area contributed by atoms with Crippen molar-refractivity contribution in [2.24, 2.45) is 0 Å². The summed E-state index contributed by atoms with van der Waals surface area (Å²) < 4.78 is 0. The number of aliphatic hydroxyl groups excluding tert-OH is 2. The van der Waals surface area contributed by atoms with Gasteiger partial charge in [-0.25, -0.2) is 4.79 Å². The van der Waals surface area contributed by atoms with E-state index in [1.54, 1.807) is 0 Å². The number of urea groups is 1. The molecule has 5 N–H and O–H groups in total. The van der Waals surface area contributed by atoms with E-state index in [9.17, 15) is 9.59 Å². The molecule has 10 nitrogen and oxygen atoms in total. The summed E-state index contributed by atoms with van der Waals surface area (Å²) in [6.07, 6.45) is 2.48. The fraction of sp³-hybridized carbons (Fsp3) is 0.548. The lowest BCUT2D eigenvalue weighted by molar-refractivity contribution is -0.371. The highest BCUT2D eigenvalue weighted by Gasteiger charge is 2.19. The number of hydrogen-bond acceptors (Lipinski definition) is 7. The van der Waals surface area contributed by atoms with E-state index in [1.807, 2.05) is 48.5 Å². The first kappa shape index (κ1) is 34.2. The van der Waals surface area contributed by atoms with E-state index in [2.05, 4.69) is 43.6 Å². The summed E-state index contributed by atoms with van der Waals surface area (Å²) in [4.78, 5) is 36.4. The molecule has 41 heavy (non-hydrogen) atoms. The molecule has 0 saturated heterocycles. The molecule has 0 aromatic heterocycles. The summed E-state index contributed by atoms with van der Waals surface area (Å²) in [6, 6.07) is 15.0. The van der Waals surface area contributed by atoms with Crippen LogP contribution < -0.4 is 16.0 Å². The highest BCUT2D eigenvalue weighted by molar-refractivity contribution is 5.91. The minimum atomic E-state index is -0.381. The highest BCUT2D eigenvalue weighted by Crippen LogP contribution is 2.32. The number of para-hydroxylation sites is 1. The fourth-order valence-electron chi connectivity index (χ4n) is 4.41. The van der Waals surface area contributed by atoms with Crippen molar-refractivity contribution in [2.75, 3.05) is 44.8 Å². The number of amides is 3. The molecule has 0 radical (unpaired) electrons. The summed E-state index contributed by atoms with van der Waals surface area (Å²) in [5.74, 6) is 0.410. The zero-order valence-corrected chi connectivity index (χ0v) is 24.9. The maximum Gasteiger partial charge on any atom is 0.319 e. The van der Waals surface area contributed by atoms with Crippen LogP contribution in [0.1, 0.15) is 87.9 Å². The fourth-order valence-corrected chi connectivity index (χ4v) is 4.41. The van der Waals surface area contributed by atoms with Crippen molar-refractivity contribution < 1.29 is 29.5 Å². The van der Waals surface area contributed by atoms with Crippen LogP contribution in [0, 0.1) is 0 Å². The first-order valence-electron chi connectivity index (χ1n) is 14.5. The monoisotopic (exact) mass is 572 g/mol. The lowest BCUT2D eigenvalue weighted by atomic mass is 9.93. The Balaban J connectivity index is 1.92. The molecule has 0 heterocycles. The smallest absolute Gasteiger partial charge is 0.319 e. The van der Waals surface area contributed by atoms with Crippen molar-refractivity contribution in [3.05, 3.63) is 65.2 Å². The molecule has 2 rings (SSSR count). The molecule has 1 atom stereocenters. The average molecular weight is 573 g/mol. The predicted molar refractivity (Wildman–Crippen MR) is 160 cm³/mol. The quantitative estimate of drug-likeness (QED) is 0.123. The van der Waals surface area contributed by atoms with Gasteiger partial charge < -0.3 is 26.2 Å². The maximum absolute atomic E-state index is 13.0. The summed E-state index contributed by atoms with van der Waals surface area (Å²) in [5.41, 5.74) is 3.92. The Morgan fingerprint density at radius 2 is 1.44 bits per heavy atom. The van der Waals surface area contributed by atoms with Crippen LogP contribution >= 0.6 is 0 Å². The van der Waals surface area contributed by atoms with Gasteiger partial charge in [-0.1, -0.05) is 87.9 Å². The van der Waals surface area contributed by atoms with Crippen molar-refractivity contribution in [3.8, 4) is 0 Å². The van der Waals surface area contributed by atoms with Crippen LogP contribution in [-0.2, 0) is 14.5 Å². The van der Waals surface area contributed by atoms with Gasteiger partial charge in [-0.15, -0.1) is 0 Å². The number of unbranched alkanes of at least 4 members (excludes halogenated alkanes) is 2. The number of aliphatic hydroxyl groups is 2. The first-order valence-corrected chi connectivity index (χ1v) is 14.5. The lowest BCUT2D eigenvalue weighted by Crippen LogP contribution is -2.39. The third kappa shape index (κ3) is 12.6.